The van der Waals surface area contributed by atoms with E-state index < -0.39 is 0 Å². The number of fused-ring (bicyclic) bond motifs is 1. The van der Waals surface area contributed by atoms with E-state index in [2.05, 4.69) is 4.98 Å². The first-order chi connectivity index (χ1) is 8.78. The maximum Gasteiger partial charge on any atom is 0.124 e. The highest BCUT2D eigenvalue weighted by Gasteiger charge is 2.08. The number of ether oxygens (including phenoxy) is 1. The Morgan fingerprint density at radius 3 is 2.56 bits per heavy atom. The lowest BCUT2D eigenvalue weighted by Gasteiger charge is -1.99. The Labute approximate surface area is 109 Å². The van der Waals surface area contributed by atoms with Crippen LogP contribution < -0.4 is 10.5 Å². The van der Waals surface area contributed by atoms with Gasteiger partial charge in [-0.15, -0.1) is 11.3 Å². The first-order valence-electron chi connectivity index (χ1n) is 5.57. The molecular formula is C14H12N2OS. The summed E-state index contributed by atoms with van der Waals surface area (Å²) in [5, 5.41) is 0.977. The SMILES string of the molecule is COc1ccc(-c2nc3cccc(N)c3s2)cc1. The molecule has 0 saturated carbocycles. The molecule has 0 spiro atoms. The third-order valence-corrected chi connectivity index (χ3v) is 3.95. The Morgan fingerprint density at radius 1 is 1.11 bits per heavy atom. The molecule has 0 fully saturated rings. The van der Waals surface area contributed by atoms with Crippen LogP contribution in [0.5, 0.6) is 5.75 Å². The van der Waals surface area contributed by atoms with Gasteiger partial charge >= 0.3 is 0 Å². The quantitative estimate of drug-likeness (QED) is 0.713. The first-order valence-corrected chi connectivity index (χ1v) is 6.39. The highest BCUT2D eigenvalue weighted by atomic mass is 32.1. The van der Waals surface area contributed by atoms with Gasteiger partial charge in [-0.25, -0.2) is 4.98 Å². The molecule has 3 nitrogen and oxygen atoms in total. The smallest absolute Gasteiger partial charge is 0.124 e. The molecule has 0 saturated heterocycles. The van der Waals surface area contributed by atoms with E-state index in [1.165, 1.54) is 0 Å². The molecule has 90 valence electrons. The summed E-state index contributed by atoms with van der Waals surface area (Å²) in [5.74, 6) is 0.847. The van der Waals surface area contributed by atoms with Crippen LogP contribution in [0.4, 0.5) is 5.69 Å². The molecule has 1 heterocycles. The van der Waals surface area contributed by atoms with Crippen LogP contribution in [0.25, 0.3) is 20.8 Å². The lowest BCUT2D eigenvalue weighted by molar-refractivity contribution is 0.415. The van der Waals surface area contributed by atoms with Gasteiger partial charge in [0.15, 0.2) is 0 Å². The zero-order valence-electron chi connectivity index (χ0n) is 9.88. The summed E-state index contributed by atoms with van der Waals surface area (Å²) in [4.78, 5) is 4.60. The molecule has 4 heteroatoms. The molecule has 2 N–H and O–H groups in total. The van der Waals surface area contributed by atoms with Gasteiger partial charge in [-0.3, -0.25) is 0 Å². The van der Waals surface area contributed by atoms with Crippen molar-refractivity contribution in [1.29, 1.82) is 0 Å². The van der Waals surface area contributed by atoms with E-state index in [0.29, 0.717) is 0 Å². The predicted octanol–water partition coefficient (Wildman–Crippen LogP) is 3.55. The molecule has 18 heavy (non-hydrogen) atoms. The lowest BCUT2D eigenvalue weighted by atomic mass is 10.2. The van der Waals surface area contributed by atoms with Gasteiger partial charge in [0.25, 0.3) is 0 Å². The van der Waals surface area contributed by atoms with Crippen LogP contribution in [0.3, 0.4) is 0 Å². The van der Waals surface area contributed by atoms with Crippen molar-refractivity contribution in [2.75, 3.05) is 12.8 Å². The fourth-order valence-electron chi connectivity index (χ4n) is 1.83. The number of hydrogen-bond donors (Lipinski definition) is 1. The second-order valence-corrected chi connectivity index (χ2v) is 4.94. The molecule has 0 bridgehead atoms. The van der Waals surface area contributed by atoms with Crippen molar-refractivity contribution in [3.8, 4) is 16.3 Å². The van der Waals surface area contributed by atoms with Gasteiger partial charge in [-0.05, 0) is 36.4 Å². The number of methoxy groups -OCH3 is 1. The Morgan fingerprint density at radius 2 is 1.89 bits per heavy atom. The highest BCUT2D eigenvalue weighted by molar-refractivity contribution is 7.22. The average molecular weight is 256 g/mol. The van der Waals surface area contributed by atoms with Crippen molar-refractivity contribution < 1.29 is 4.74 Å². The van der Waals surface area contributed by atoms with Gasteiger partial charge in [-0.2, -0.15) is 0 Å². The number of aromatic nitrogens is 1. The molecular weight excluding hydrogens is 244 g/mol. The minimum atomic E-state index is 0.782. The average Bonchev–Trinajstić information content (AvgIpc) is 2.84. The summed E-state index contributed by atoms with van der Waals surface area (Å²) in [7, 11) is 1.66. The summed E-state index contributed by atoms with van der Waals surface area (Å²) in [6.45, 7) is 0. The first kappa shape index (κ1) is 11.0. The maximum absolute atomic E-state index is 5.94. The molecule has 0 aliphatic rings. The van der Waals surface area contributed by atoms with Crippen molar-refractivity contribution >= 4 is 27.2 Å². The summed E-state index contributed by atoms with van der Waals surface area (Å²) < 4.78 is 6.19. The zero-order chi connectivity index (χ0) is 12.5. The van der Waals surface area contributed by atoms with Gasteiger partial charge in [0.2, 0.25) is 0 Å². The van der Waals surface area contributed by atoms with Crippen molar-refractivity contribution in [3.63, 3.8) is 0 Å². The molecule has 0 atom stereocenters. The normalized spacial score (nSPS) is 10.7. The predicted molar refractivity (Wildman–Crippen MR) is 76.0 cm³/mol. The molecule has 0 aliphatic carbocycles. The molecule has 0 aliphatic heterocycles. The second-order valence-electron chi connectivity index (χ2n) is 3.94. The number of nitrogens with two attached hydrogens (primary N) is 1. The second kappa shape index (κ2) is 4.31. The van der Waals surface area contributed by atoms with E-state index in [1.54, 1.807) is 18.4 Å². The molecule has 0 unspecified atom stereocenters. The molecule has 3 rings (SSSR count). The molecule has 1 aromatic heterocycles. The van der Waals surface area contributed by atoms with E-state index >= 15 is 0 Å². The summed E-state index contributed by atoms with van der Waals surface area (Å²) in [5.41, 5.74) is 8.76. The Bertz CT molecular complexity index is 689. The molecule has 3 aromatic rings. The van der Waals surface area contributed by atoms with E-state index in [-0.39, 0.29) is 0 Å². The standard InChI is InChI=1S/C14H12N2OS/c1-17-10-7-5-9(6-8-10)14-16-12-4-2-3-11(15)13(12)18-14/h2-8H,15H2,1H3. The third-order valence-electron chi connectivity index (χ3n) is 2.78. The molecule has 2 aromatic carbocycles. The van der Waals surface area contributed by atoms with Crippen molar-refractivity contribution in [1.82, 2.24) is 4.98 Å². The van der Waals surface area contributed by atoms with Gasteiger partial charge < -0.3 is 10.5 Å². The van der Waals surface area contributed by atoms with Gasteiger partial charge in [-0.1, -0.05) is 6.07 Å². The molecule has 0 radical (unpaired) electrons. The Balaban J connectivity index is 2.10. The highest BCUT2D eigenvalue weighted by Crippen LogP contribution is 2.33. The zero-order valence-corrected chi connectivity index (χ0v) is 10.7. The van der Waals surface area contributed by atoms with E-state index in [4.69, 9.17) is 10.5 Å². The fourth-order valence-corrected chi connectivity index (χ4v) is 2.82. The number of thiazole rings is 1. The van der Waals surface area contributed by atoms with Gasteiger partial charge in [0.1, 0.15) is 10.8 Å². The number of nitrogens with zero attached hydrogens (tertiary/aromatic N) is 1. The number of hydrogen-bond acceptors (Lipinski definition) is 4. The topological polar surface area (TPSA) is 48.1 Å². The summed E-state index contributed by atoms with van der Waals surface area (Å²) >= 11 is 1.61. The van der Waals surface area contributed by atoms with Crippen molar-refractivity contribution in [2.24, 2.45) is 0 Å². The van der Waals surface area contributed by atoms with Crippen molar-refractivity contribution in [3.05, 3.63) is 42.5 Å². The Kier molecular flexibility index (Phi) is 2.64. The van der Waals surface area contributed by atoms with E-state index in [1.807, 2.05) is 42.5 Å². The molecule has 0 amide bonds. The van der Waals surface area contributed by atoms with Crippen molar-refractivity contribution in [2.45, 2.75) is 0 Å². The summed E-state index contributed by atoms with van der Waals surface area (Å²) in [6.07, 6.45) is 0. The fraction of sp³-hybridized carbons (Fsp3) is 0.0714. The van der Waals surface area contributed by atoms with E-state index in [0.717, 1.165) is 32.2 Å². The largest absolute Gasteiger partial charge is 0.497 e. The van der Waals surface area contributed by atoms with Crippen LogP contribution >= 0.6 is 11.3 Å². The van der Waals surface area contributed by atoms with Gasteiger partial charge in [0, 0.05) is 5.56 Å². The van der Waals surface area contributed by atoms with Crippen LogP contribution in [-0.2, 0) is 0 Å². The number of rotatable bonds is 2. The van der Waals surface area contributed by atoms with Crippen LogP contribution in [0, 0.1) is 0 Å². The van der Waals surface area contributed by atoms with E-state index in [9.17, 15) is 0 Å². The minimum Gasteiger partial charge on any atom is -0.497 e. The van der Waals surface area contributed by atoms with Crippen LogP contribution in [0.1, 0.15) is 0 Å². The summed E-state index contributed by atoms with van der Waals surface area (Å²) in [6, 6.07) is 13.7. The Hall–Kier alpha value is -2.07. The van der Waals surface area contributed by atoms with Crippen LogP contribution in [0.2, 0.25) is 0 Å². The lowest BCUT2D eigenvalue weighted by Crippen LogP contribution is -1.82. The van der Waals surface area contributed by atoms with Gasteiger partial charge in [0.05, 0.1) is 23.0 Å². The number of anilines is 1. The third kappa shape index (κ3) is 1.80. The monoisotopic (exact) mass is 256 g/mol. The van der Waals surface area contributed by atoms with Crippen LogP contribution in [-0.4, -0.2) is 12.1 Å². The minimum absolute atomic E-state index is 0.782. The van der Waals surface area contributed by atoms with Crippen LogP contribution in [0.15, 0.2) is 42.5 Å². The number of benzene rings is 2. The number of nitrogen functional groups attached to an aromatic ring is 1. The maximum atomic E-state index is 5.94.